The van der Waals surface area contributed by atoms with Gasteiger partial charge in [-0.3, -0.25) is 9.59 Å². The molecule has 0 unspecified atom stereocenters. The van der Waals surface area contributed by atoms with Crippen LogP contribution in [0.15, 0.2) is 18.2 Å². The Morgan fingerprint density at radius 1 is 0.677 bits per heavy atom. The molecule has 2 fully saturated rings. The number of hydrogen-bond donors (Lipinski definition) is 3. The van der Waals surface area contributed by atoms with Crippen molar-refractivity contribution in [3.05, 3.63) is 29.3 Å². The molecule has 0 bridgehead atoms. The largest absolute Gasteiger partial charge is 0.508 e. The van der Waals surface area contributed by atoms with Crippen LogP contribution in [0.3, 0.4) is 0 Å². The number of phenolic OH excluding ortho intramolecular Hbond substituents is 1. The molecular formula is C26H38O5. The number of rotatable bonds is 16. The summed E-state index contributed by atoms with van der Waals surface area (Å²) < 4.78 is 0. The number of phenols is 1. The van der Waals surface area contributed by atoms with Gasteiger partial charge in [0.15, 0.2) is 0 Å². The molecule has 0 atom stereocenters. The quantitative estimate of drug-likeness (QED) is 0.275. The lowest BCUT2D eigenvalue weighted by molar-refractivity contribution is -0.144. The van der Waals surface area contributed by atoms with Crippen LogP contribution in [0.5, 0.6) is 5.75 Å². The number of aliphatic carboxylic acids is 2. The minimum Gasteiger partial charge on any atom is -0.508 e. The van der Waals surface area contributed by atoms with E-state index in [1.165, 1.54) is 11.1 Å². The number of carboxylic acids is 2. The lowest BCUT2D eigenvalue weighted by Crippen LogP contribution is -2.14. The van der Waals surface area contributed by atoms with Crippen molar-refractivity contribution in [1.82, 2.24) is 0 Å². The number of aryl methyl sites for hydroxylation is 2. The van der Waals surface area contributed by atoms with Crippen LogP contribution < -0.4 is 0 Å². The first-order chi connectivity index (χ1) is 14.9. The lowest BCUT2D eigenvalue weighted by atomic mass is 9.94. The second-order valence-corrected chi connectivity index (χ2v) is 9.95. The molecule has 2 aliphatic carbocycles. The summed E-state index contributed by atoms with van der Waals surface area (Å²) in [4.78, 5) is 22.5. The molecule has 3 rings (SSSR count). The van der Waals surface area contributed by atoms with Gasteiger partial charge in [-0.2, -0.15) is 0 Å². The highest BCUT2D eigenvalue weighted by Gasteiger charge is 2.49. The zero-order valence-electron chi connectivity index (χ0n) is 18.7. The summed E-state index contributed by atoms with van der Waals surface area (Å²) in [5.41, 5.74) is 1.75. The van der Waals surface area contributed by atoms with Crippen molar-refractivity contribution >= 4 is 11.9 Å². The first-order valence-corrected chi connectivity index (χ1v) is 12.1. The van der Waals surface area contributed by atoms with Gasteiger partial charge in [-0.15, -0.1) is 0 Å². The van der Waals surface area contributed by atoms with E-state index in [1.807, 2.05) is 12.1 Å². The maximum atomic E-state index is 11.2. The number of unbranched alkanes of at least 4 members (excludes halogenated alkanes) is 6. The third-order valence-corrected chi connectivity index (χ3v) is 7.51. The van der Waals surface area contributed by atoms with E-state index in [2.05, 4.69) is 0 Å². The molecule has 0 heterocycles. The van der Waals surface area contributed by atoms with E-state index in [9.17, 15) is 24.9 Å². The fourth-order valence-electron chi connectivity index (χ4n) is 4.80. The summed E-state index contributed by atoms with van der Waals surface area (Å²) in [6.45, 7) is 0. The smallest absolute Gasteiger partial charge is 0.309 e. The molecule has 0 aliphatic heterocycles. The zero-order valence-corrected chi connectivity index (χ0v) is 18.7. The van der Waals surface area contributed by atoms with Gasteiger partial charge in [-0.25, -0.2) is 0 Å². The van der Waals surface area contributed by atoms with Crippen LogP contribution in [0, 0.1) is 10.8 Å². The van der Waals surface area contributed by atoms with Crippen LogP contribution in [-0.2, 0) is 22.4 Å². The van der Waals surface area contributed by atoms with Gasteiger partial charge in [0.1, 0.15) is 5.75 Å². The first kappa shape index (κ1) is 23.6. The molecule has 1 aromatic carbocycles. The molecule has 0 amide bonds. The van der Waals surface area contributed by atoms with Gasteiger partial charge in [0.05, 0.1) is 10.8 Å². The minimum absolute atomic E-state index is 0.319. The maximum absolute atomic E-state index is 11.2. The monoisotopic (exact) mass is 430 g/mol. The van der Waals surface area contributed by atoms with Crippen LogP contribution in [0.2, 0.25) is 0 Å². The summed E-state index contributed by atoms with van der Waals surface area (Å²) in [6, 6.07) is 5.70. The third-order valence-electron chi connectivity index (χ3n) is 7.51. The topological polar surface area (TPSA) is 94.8 Å². The van der Waals surface area contributed by atoms with Gasteiger partial charge in [0, 0.05) is 0 Å². The maximum Gasteiger partial charge on any atom is 0.309 e. The molecule has 5 nitrogen and oxygen atoms in total. The van der Waals surface area contributed by atoms with Crippen molar-refractivity contribution in [1.29, 1.82) is 0 Å². The highest BCUT2D eigenvalue weighted by Crippen LogP contribution is 2.50. The molecule has 0 radical (unpaired) electrons. The van der Waals surface area contributed by atoms with E-state index in [0.29, 0.717) is 5.75 Å². The Morgan fingerprint density at radius 2 is 1.13 bits per heavy atom. The number of benzene rings is 1. The number of aromatic hydroxyl groups is 1. The summed E-state index contributed by atoms with van der Waals surface area (Å²) in [7, 11) is 0. The van der Waals surface area contributed by atoms with E-state index in [4.69, 9.17) is 0 Å². The van der Waals surface area contributed by atoms with Crippen LogP contribution in [0.4, 0.5) is 0 Å². The Hall–Kier alpha value is -2.04. The van der Waals surface area contributed by atoms with E-state index < -0.39 is 22.8 Å². The van der Waals surface area contributed by atoms with Gasteiger partial charge in [-0.05, 0) is 87.5 Å². The van der Waals surface area contributed by atoms with Crippen molar-refractivity contribution in [2.75, 3.05) is 0 Å². The molecule has 1 aromatic rings. The Balaban J connectivity index is 1.31. The van der Waals surface area contributed by atoms with E-state index >= 15 is 0 Å². The zero-order chi connectivity index (χ0) is 22.3. The van der Waals surface area contributed by atoms with Gasteiger partial charge in [-0.1, -0.05) is 44.6 Å². The Kier molecular flexibility index (Phi) is 8.01. The van der Waals surface area contributed by atoms with Crippen molar-refractivity contribution in [2.45, 2.75) is 103 Å². The predicted octanol–water partition coefficient (Wildman–Crippen LogP) is 6.11. The number of carbonyl (C=O) groups is 2. The highest BCUT2D eigenvalue weighted by molar-refractivity contribution is 5.78. The molecule has 31 heavy (non-hydrogen) atoms. The third kappa shape index (κ3) is 6.72. The molecule has 172 valence electrons. The molecular weight excluding hydrogens is 392 g/mol. The molecule has 0 saturated heterocycles. The predicted molar refractivity (Wildman–Crippen MR) is 120 cm³/mol. The number of hydrogen-bond acceptors (Lipinski definition) is 3. The molecule has 0 aromatic heterocycles. The molecule has 5 heteroatoms. The summed E-state index contributed by atoms with van der Waals surface area (Å²) in [5.74, 6) is -0.916. The van der Waals surface area contributed by atoms with Crippen LogP contribution in [0.1, 0.15) is 101 Å². The van der Waals surface area contributed by atoms with E-state index in [0.717, 1.165) is 103 Å². The van der Waals surface area contributed by atoms with Gasteiger partial charge in [0.25, 0.3) is 0 Å². The summed E-state index contributed by atoms with van der Waals surface area (Å²) >= 11 is 0. The van der Waals surface area contributed by atoms with Crippen molar-refractivity contribution in [3.63, 3.8) is 0 Å². The second-order valence-electron chi connectivity index (χ2n) is 9.95. The van der Waals surface area contributed by atoms with Crippen molar-refractivity contribution < 1.29 is 24.9 Å². The van der Waals surface area contributed by atoms with Crippen LogP contribution in [-0.4, -0.2) is 27.3 Å². The average Bonchev–Trinajstić information content (AvgIpc) is 3.64. The molecule has 2 saturated carbocycles. The summed E-state index contributed by atoms with van der Waals surface area (Å²) in [6.07, 6.45) is 15.5. The fraction of sp³-hybridized carbons (Fsp3) is 0.692. The van der Waals surface area contributed by atoms with Gasteiger partial charge in [0.2, 0.25) is 0 Å². The standard InChI is InChI=1S/C26H38O5/c27-22-12-11-20(9-5-1-3-7-13-25(15-16-25)23(28)29)21(19-22)10-6-2-4-8-14-26(17-18-26)24(30)31/h11-12,19,27H,1-10,13-18H2,(H,28,29)(H,30,31). The Morgan fingerprint density at radius 3 is 1.58 bits per heavy atom. The lowest BCUT2D eigenvalue weighted by Gasteiger charge is -2.12. The van der Waals surface area contributed by atoms with Crippen LogP contribution in [0.25, 0.3) is 0 Å². The number of carboxylic acid groups (broad SMARTS) is 2. The van der Waals surface area contributed by atoms with Crippen molar-refractivity contribution in [3.8, 4) is 5.75 Å². The minimum atomic E-state index is -0.620. The second kappa shape index (κ2) is 10.5. The van der Waals surface area contributed by atoms with Crippen LogP contribution >= 0.6 is 0 Å². The normalized spacial score (nSPS) is 17.9. The summed E-state index contributed by atoms with van der Waals surface area (Å²) in [5, 5.41) is 28.4. The van der Waals surface area contributed by atoms with Gasteiger partial charge < -0.3 is 15.3 Å². The SMILES string of the molecule is O=C(O)C1(CCCCCCc2ccc(O)cc2CCCCCCC2(C(=O)O)CC2)CC1. The van der Waals surface area contributed by atoms with E-state index in [-0.39, 0.29) is 0 Å². The Bertz CT molecular complexity index is 761. The average molecular weight is 431 g/mol. The van der Waals surface area contributed by atoms with Crippen molar-refractivity contribution in [2.24, 2.45) is 10.8 Å². The Labute approximate surface area is 185 Å². The fourth-order valence-corrected chi connectivity index (χ4v) is 4.80. The molecule has 2 aliphatic rings. The van der Waals surface area contributed by atoms with E-state index in [1.54, 1.807) is 6.07 Å². The first-order valence-electron chi connectivity index (χ1n) is 12.1. The highest BCUT2D eigenvalue weighted by atomic mass is 16.4. The molecule has 3 N–H and O–H groups in total. The molecule has 0 spiro atoms. The van der Waals surface area contributed by atoms with Gasteiger partial charge >= 0.3 is 11.9 Å².